The summed E-state index contributed by atoms with van der Waals surface area (Å²) in [5, 5.41) is 11.2. The van der Waals surface area contributed by atoms with Gasteiger partial charge in [0.2, 0.25) is 0 Å². The largest absolute Gasteiger partial charge is 0.457 e. The molecule has 0 radical (unpaired) electrons. The highest BCUT2D eigenvalue weighted by atomic mass is 31.2. The van der Waals surface area contributed by atoms with E-state index in [1.54, 1.807) is 12.1 Å². The van der Waals surface area contributed by atoms with Crippen molar-refractivity contribution in [3.8, 4) is 0 Å². The minimum Gasteiger partial charge on any atom is -0.457 e. The first-order valence-corrected chi connectivity index (χ1v) is 11.2. The maximum absolute atomic E-state index is 11.2. The average Bonchev–Trinajstić information content (AvgIpc) is 3.42. The second kappa shape index (κ2) is 7.58. The summed E-state index contributed by atoms with van der Waals surface area (Å²) in [7, 11) is -2.29. The highest BCUT2D eigenvalue weighted by Crippen LogP contribution is 2.60. The maximum atomic E-state index is 11.2. The third kappa shape index (κ3) is 3.47. The van der Waals surface area contributed by atoms with Crippen molar-refractivity contribution in [1.29, 1.82) is 0 Å². The molecule has 0 bridgehead atoms. The number of nitro benzene ring substituents is 1. The van der Waals surface area contributed by atoms with Crippen molar-refractivity contribution >= 4 is 24.2 Å². The number of rotatable bonds is 5. The number of nitro groups is 1. The van der Waals surface area contributed by atoms with Gasteiger partial charge in [0.05, 0.1) is 10.6 Å². The first kappa shape index (κ1) is 18.4. The Morgan fingerprint density at radius 3 is 2.19 bits per heavy atom. The Balaban J connectivity index is 1.93. The summed E-state index contributed by atoms with van der Waals surface area (Å²) in [5.41, 5.74) is 1.65. The van der Waals surface area contributed by atoms with E-state index in [1.807, 2.05) is 19.1 Å². The maximum Gasteiger partial charge on any atom is 0.271 e. The summed E-state index contributed by atoms with van der Waals surface area (Å²) in [5.74, 6) is 0.877. The molecule has 0 atom stereocenters. The first-order chi connectivity index (χ1) is 13.1. The van der Waals surface area contributed by atoms with Gasteiger partial charge in [-0.25, -0.2) is 4.74 Å². The second-order valence-electron chi connectivity index (χ2n) is 7.15. The van der Waals surface area contributed by atoms with Crippen LogP contribution in [0.2, 0.25) is 0 Å². The molecule has 0 unspecified atom stereocenters. The lowest BCUT2D eigenvalue weighted by Crippen LogP contribution is -2.34. The van der Waals surface area contributed by atoms with Crippen molar-refractivity contribution in [2.75, 3.05) is 26.2 Å². The topological polar surface area (TPSA) is 75.1 Å². The van der Waals surface area contributed by atoms with E-state index in [-0.39, 0.29) is 10.6 Å². The van der Waals surface area contributed by atoms with Crippen molar-refractivity contribution in [3.05, 3.63) is 52.3 Å². The normalized spacial score (nSPS) is 18.9. The lowest BCUT2D eigenvalue weighted by atomic mass is 10.3. The molecule has 2 saturated heterocycles. The third-order valence-corrected chi connectivity index (χ3v) is 8.99. The van der Waals surface area contributed by atoms with Crippen LogP contribution in [0.5, 0.6) is 0 Å². The molecule has 1 aromatic carbocycles. The van der Waals surface area contributed by atoms with Crippen LogP contribution in [-0.2, 0) is 0 Å². The van der Waals surface area contributed by atoms with E-state index in [0.717, 1.165) is 63.1 Å². The summed E-state index contributed by atoms with van der Waals surface area (Å²) in [4.78, 5) is 10.9. The molecule has 4 rings (SSSR count). The van der Waals surface area contributed by atoms with Gasteiger partial charge in [0, 0.05) is 38.3 Å². The van der Waals surface area contributed by atoms with Crippen LogP contribution in [0.25, 0.3) is 0 Å². The fourth-order valence-electron chi connectivity index (χ4n) is 4.00. The minimum absolute atomic E-state index is 0.0767. The number of hydrogen-bond acceptors (Lipinski definition) is 4. The van der Waals surface area contributed by atoms with E-state index >= 15 is 0 Å². The molecule has 2 fully saturated rings. The lowest BCUT2D eigenvalue weighted by Gasteiger charge is -2.38. The van der Waals surface area contributed by atoms with Crippen molar-refractivity contribution in [2.24, 2.45) is 4.74 Å². The molecule has 8 heteroatoms. The van der Waals surface area contributed by atoms with Crippen LogP contribution in [0.1, 0.15) is 31.4 Å². The van der Waals surface area contributed by atoms with Crippen molar-refractivity contribution in [2.45, 2.75) is 32.6 Å². The van der Waals surface area contributed by atoms with Crippen LogP contribution in [0.4, 0.5) is 11.4 Å². The number of non-ortho nitro benzene ring substituents is 1. The fraction of sp³-hybridized carbons (Fsp3) is 0.474. The molecule has 3 heterocycles. The van der Waals surface area contributed by atoms with Gasteiger partial charge in [-0.05, 0) is 50.8 Å². The second-order valence-corrected chi connectivity index (χ2v) is 10.1. The zero-order valence-electron chi connectivity index (χ0n) is 15.6. The molecule has 0 spiro atoms. The number of aryl methyl sites for hydroxylation is 1. The Kier molecular flexibility index (Phi) is 5.17. The van der Waals surface area contributed by atoms with Crippen LogP contribution >= 0.6 is 7.36 Å². The molecule has 2 aliphatic heterocycles. The third-order valence-electron chi connectivity index (χ3n) is 5.27. The molecular weight excluding hydrogens is 363 g/mol. The summed E-state index contributed by atoms with van der Waals surface area (Å²) in [6, 6.07) is 10.7. The molecule has 0 N–H and O–H groups in total. The van der Waals surface area contributed by atoms with Crippen LogP contribution < -0.4 is 5.50 Å². The Hall–Kier alpha value is -1.95. The van der Waals surface area contributed by atoms with Crippen LogP contribution in [-0.4, -0.2) is 40.4 Å². The van der Waals surface area contributed by atoms with Gasteiger partial charge in [-0.2, -0.15) is 0 Å². The van der Waals surface area contributed by atoms with Gasteiger partial charge in [0.15, 0.2) is 12.9 Å². The van der Waals surface area contributed by atoms with Gasteiger partial charge >= 0.3 is 0 Å². The fourth-order valence-corrected chi connectivity index (χ4v) is 7.94. The van der Waals surface area contributed by atoms with Crippen LogP contribution in [0.15, 0.2) is 45.6 Å². The zero-order chi connectivity index (χ0) is 18.9. The average molecular weight is 388 g/mol. The predicted molar refractivity (Wildman–Crippen MR) is 107 cm³/mol. The van der Waals surface area contributed by atoms with Crippen molar-refractivity contribution < 1.29 is 9.34 Å². The number of hydrogen-bond donors (Lipinski definition) is 0. The van der Waals surface area contributed by atoms with Gasteiger partial charge in [-0.15, -0.1) is 0 Å². The molecule has 27 heavy (non-hydrogen) atoms. The molecule has 1 aromatic heterocycles. The zero-order valence-corrected chi connectivity index (χ0v) is 16.5. The summed E-state index contributed by atoms with van der Waals surface area (Å²) >= 11 is 0. The minimum atomic E-state index is -2.29. The molecule has 2 aromatic rings. The standard InChI is InChI=1S/C19H25N4O3P/c1-16-9-10-19(26-16)27(21-11-2-3-12-21,22-13-4-5-14-22)20-17-7-6-8-18(15-17)23(24)25/h6-10,15H,2-5,11-14H2,1H3. The van der Waals surface area contributed by atoms with Gasteiger partial charge in [0.25, 0.3) is 5.69 Å². The van der Waals surface area contributed by atoms with Crippen LogP contribution in [0.3, 0.4) is 0 Å². The van der Waals surface area contributed by atoms with Gasteiger partial charge in [-0.1, -0.05) is 6.07 Å². The SMILES string of the molecule is Cc1ccc(P(=Nc2cccc([N+](=O)[O-])c2)(N2CCCC2)N2CCCC2)o1. The molecular formula is C19H25N4O3P. The Morgan fingerprint density at radius 1 is 1.04 bits per heavy atom. The number of benzene rings is 1. The summed E-state index contributed by atoms with van der Waals surface area (Å²) in [6.45, 7) is 5.91. The Bertz CT molecular complexity index is 863. The van der Waals surface area contributed by atoms with E-state index in [4.69, 9.17) is 9.16 Å². The predicted octanol–water partition coefficient (Wildman–Crippen LogP) is 4.68. The summed E-state index contributed by atoms with van der Waals surface area (Å²) in [6.07, 6.45) is 4.61. The smallest absolute Gasteiger partial charge is 0.271 e. The Morgan fingerprint density at radius 2 is 1.67 bits per heavy atom. The van der Waals surface area contributed by atoms with E-state index in [2.05, 4.69) is 15.4 Å². The van der Waals surface area contributed by atoms with E-state index in [0.29, 0.717) is 5.69 Å². The number of furan rings is 1. The van der Waals surface area contributed by atoms with Crippen molar-refractivity contribution in [1.82, 2.24) is 9.34 Å². The molecule has 144 valence electrons. The Labute approximate surface area is 159 Å². The van der Waals surface area contributed by atoms with Gasteiger partial charge < -0.3 is 4.42 Å². The van der Waals surface area contributed by atoms with E-state index in [1.165, 1.54) is 6.07 Å². The quantitative estimate of drug-likeness (QED) is 0.422. The molecule has 0 saturated carbocycles. The molecule has 7 nitrogen and oxygen atoms in total. The summed E-state index contributed by atoms with van der Waals surface area (Å²) < 4.78 is 16.4. The van der Waals surface area contributed by atoms with Crippen molar-refractivity contribution in [3.63, 3.8) is 0 Å². The van der Waals surface area contributed by atoms with E-state index < -0.39 is 7.36 Å². The molecule has 0 amide bonds. The van der Waals surface area contributed by atoms with Gasteiger partial charge in [0.1, 0.15) is 5.76 Å². The molecule has 0 aliphatic carbocycles. The van der Waals surface area contributed by atoms with Gasteiger partial charge in [-0.3, -0.25) is 19.5 Å². The molecule has 2 aliphatic rings. The lowest BCUT2D eigenvalue weighted by molar-refractivity contribution is -0.384. The van der Waals surface area contributed by atoms with Crippen LogP contribution in [0, 0.1) is 17.0 Å². The first-order valence-electron chi connectivity index (χ1n) is 9.54. The highest BCUT2D eigenvalue weighted by Gasteiger charge is 2.41. The number of nitrogens with zero attached hydrogens (tertiary/aromatic N) is 4. The van der Waals surface area contributed by atoms with E-state index in [9.17, 15) is 10.1 Å². The highest BCUT2D eigenvalue weighted by molar-refractivity contribution is 7.69. The monoisotopic (exact) mass is 388 g/mol.